The molecule has 0 amide bonds. The maximum Gasteiger partial charge on any atom is 0.264 e. The van der Waals surface area contributed by atoms with E-state index >= 15 is 0 Å². The molecule has 1 atom stereocenters. The van der Waals surface area contributed by atoms with Gasteiger partial charge in [-0.1, -0.05) is 29.8 Å². The summed E-state index contributed by atoms with van der Waals surface area (Å²) in [4.78, 5) is 0. The van der Waals surface area contributed by atoms with Gasteiger partial charge in [0.1, 0.15) is 0 Å². The Morgan fingerprint density at radius 3 is 2.60 bits per heavy atom. The van der Waals surface area contributed by atoms with Gasteiger partial charge in [0.15, 0.2) is 0 Å². The number of benzene rings is 1. The van der Waals surface area contributed by atoms with Crippen LogP contribution in [0, 0.1) is 6.92 Å². The Labute approximate surface area is 91.2 Å². The summed E-state index contributed by atoms with van der Waals surface area (Å²) < 4.78 is 26.6. The lowest BCUT2D eigenvalue weighted by molar-refractivity contribution is 0.232. The number of rotatable bonds is 4. The molecule has 0 heterocycles. The van der Waals surface area contributed by atoms with Crippen LogP contribution in [0.5, 0.6) is 0 Å². The molecular formula is C11H16O3S. The lowest BCUT2D eigenvalue weighted by atomic mass is 10.1. The highest BCUT2D eigenvalue weighted by molar-refractivity contribution is 7.86. The lowest BCUT2D eigenvalue weighted by Gasteiger charge is -2.11. The average molecular weight is 228 g/mol. The van der Waals surface area contributed by atoms with Crippen molar-refractivity contribution in [1.29, 1.82) is 0 Å². The van der Waals surface area contributed by atoms with Gasteiger partial charge in [-0.05, 0) is 25.8 Å². The molecule has 0 aliphatic carbocycles. The smallest absolute Gasteiger partial charge is 0.264 e. The summed E-state index contributed by atoms with van der Waals surface area (Å²) in [5.74, 6) is 0. The summed E-state index contributed by atoms with van der Waals surface area (Å²) in [5.41, 5.74) is 2.25. The van der Waals surface area contributed by atoms with Crippen molar-refractivity contribution in [3.8, 4) is 0 Å². The quantitative estimate of drug-likeness (QED) is 0.739. The molecule has 1 rings (SSSR count). The molecule has 1 aromatic rings. The van der Waals surface area contributed by atoms with E-state index in [1.165, 1.54) is 5.56 Å². The molecule has 15 heavy (non-hydrogen) atoms. The highest BCUT2D eigenvalue weighted by Gasteiger charge is 2.10. The van der Waals surface area contributed by atoms with E-state index in [0.717, 1.165) is 11.8 Å². The van der Waals surface area contributed by atoms with Crippen molar-refractivity contribution < 1.29 is 12.6 Å². The molecule has 84 valence electrons. The molecule has 0 saturated carbocycles. The zero-order chi connectivity index (χ0) is 11.5. The molecule has 3 nitrogen and oxygen atoms in total. The van der Waals surface area contributed by atoms with E-state index < -0.39 is 10.1 Å². The lowest BCUT2D eigenvalue weighted by Crippen LogP contribution is -2.16. The van der Waals surface area contributed by atoms with E-state index in [-0.39, 0.29) is 6.10 Å². The van der Waals surface area contributed by atoms with Gasteiger partial charge in [0.2, 0.25) is 0 Å². The van der Waals surface area contributed by atoms with E-state index in [1.807, 2.05) is 31.2 Å². The average Bonchev–Trinajstić information content (AvgIpc) is 1.99. The first-order valence-corrected chi connectivity index (χ1v) is 6.62. The van der Waals surface area contributed by atoms with Gasteiger partial charge in [0, 0.05) is 0 Å². The van der Waals surface area contributed by atoms with Crippen LogP contribution in [0.4, 0.5) is 0 Å². The Morgan fingerprint density at radius 2 is 2.07 bits per heavy atom. The summed E-state index contributed by atoms with van der Waals surface area (Å²) in [6, 6.07) is 7.96. The summed E-state index contributed by atoms with van der Waals surface area (Å²) >= 11 is 0. The standard InChI is InChI=1S/C11H16O3S/c1-9-5-4-6-11(7-9)8-10(2)14-15(3,12)13/h4-7,10H,8H2,1-3H3. The van der Waals surface area contributed by atoms with E-state index in [4.69, 9.17) is 4.18 Å². The van der Waals surface area contributed by atoms with Crippen molar-refractivity contribution >= 4 is 10.1 Å². The fraction of sp³-hybridized carbons (Fsp3) is 0.455. The summed E-state index contributed by atoms with van der Waals surface area (Å²) in [6.45, 7) is 3.76. The molecule has 0 saturated heterocycles. The van der Waals surface area contributed by atoms with Crippen molar-refractivity contribution in [3.63, 3.8) is 0 Å². The van der Waals surface area contributed by atoms with E-state index in [1.54, 1.807) is 6.92 Å². The summed E-state index contributed by atoms with van der Waals surface area (Å²) in [7, 11) is -3.35. The number of hydrogen-bond donors (Lipinski definition) is 0. The topological polar surface area (TPSA) is 43.4 Å². The van der Waals surface area contributed by atoms with Gasteiger partial charge < -0.3 is 0 Å². The molecular weight excluding hydrogens is 212 g/mol. The SMILES string of the molecule is Cc1cccc(CC(C)OS(C)(=O)=O)c1. The van der Waals surface area contributed by atoms with Gasteiger partial charge >= 0.3 is 0 Å². The minimum absolute atomic E-state index is 0.318. The normalized spacial score (nSPS) is 13.8. The highest BCUT2D eigenvalue weighted by atomic mass is 32.2. The van der Waals surface area contributed by atoms with Crippen molar-refractivity contribution in [2.45, 2.75) is 26.4 Å². The second kappa shape index (κ2) is 4.77. The van der Waals surface area contributed by atoms with Gasteiger partial charge in [-0.15, -0.1) is 0 Å². The molecule has 0 fully saturated rings. The van der Waals surface area contributed by atoms with Gasteiger partial charge in [0.25, 0.3) is 10.1 Å². The Morgan fingerprint density at radius 1 is 1.40 bits per heavy atom. The van der Waals surface area contributed by atoms with Gasteiger partial charge in [-0.25, -0.2) is 0 Å². The van der Waals surface area contributed by atoms with Crippen LogP contribution < -0.4 is 0 Å². The Balaban J connectivity index is 2.63. The molecule has 0 spiro atoms. The molecule has 0 N–H and O–H groups in total. The predicted molar refractivity (Wildman–Crippen MR) is 60.3 cm³/mol. The third kappa shape index (κ3) is 4.95. The maximum atomic E-state index is 10.9. The van der Waals surface area contributed by atoms with Crippen LogP contribution >= 0.6 is 0 Å². The Hall–Kier alpha value is -0.870. The van der Waals surface area contributed by atoms with Crippen molar-refractivity contribution in [3.05, 3.63) is 35.4 Å². The Kier molecular flexibility index (Phi) is 3.88. The molecule has 0 radical (unpaired) electrons. The fourth-order valence-corrected chi connectivity index (χ4v) is 2.17. The molecule has 0 aromatic heterocycles. The van der Waals surface area contributed by atoms with Gasteiger partial charge in [-0.2, -0.15) is 8.42 Å². The van der Waals surface area contributed by atoms with Crippen LogP contribution in [0.1, 0.15) is 18.1 Å². The molecule has 0 aliphatic heterocycles. The summed E-state index contributed by atoms with van der Waals surface area (Å²) in [6.07, 6.45) is 1.36. The second-order valence-corrected chi connectivity index (χ2v) is 5.40. The third-order valence-electron chi connectivity index (χ3n) is 1.94. The monoisotopic (exact) mass is 228 g/mol. The van der Waals surface area contributed by atoms with Gasteiger partial charge in [-0.3, -0.25) is 4.18 Å². The van der Waals surface area contributed by atoms with E-state index in [9.17, 15) is 8.42 Å². The second-order valence-electron chi connectivity index (χ2n) is 3.80. The number of hydrogen-bond acceptors (Lipinski definition) is 3. The van der Waals surface area contributed by atoms with Crippen LogP contribution in [-0.4, -0.2) is 20.8 Å². The highest BCUT2D eigenvalue weighted by Crippen LogP contribution is 2.09. The molecule has 0 aliphatic rings. The zero-order valence-corrected chi connectivity index (χ0v) is 10.0. The third-order valence-corrected chi connectivity index (χ3v) is 2.62. The first kappa shape index (κ1) is 12.2. The van der Waals surface area contributed by atoms with Gasteiger partial charge in [0.05, 0.1) is 12.4 Å². The van der Waals surface area contributed by atoms with Crippen LogP contribution in [0.3, 0.4) is 0 Å². The largest absolute Gasteiger partial charge is 0.267 e. The predicted octanol–water partition coefficient (Wildman–Crippen LogP) is 1.90. The van der Waals surface area contributed by atoms with Crippen LogP contribution in [0.2, 0.25) is 0 Å². The van der Waals surface area contributed by atoms with E-state index in [2.05, 4.69) is 0 Å². The first-order valence-electron chi connectivity index (χ1n) is 4.80. The molecule has 0 bridgehead atoms. The number of aryl methyl sites for hydroxylation is 1. The zero-order valence-electron chi connectivity index (χ0n) is 9.23. The van der Waals surface area contributed by atoms with Crippen LogP contribution in [0.25, 0.3) is 0 Å². The molecule has 4 heteroatoms. The van der Waals surface area contributed by atoms with Crippen molar-refractivity contribution in [2.24, 2.45) is 0 Å². The van der Waals surface area contributed by atoms with E-state index in [0.29, 0.717) is 6.42 Å². The molecule has 1 unspecified atom stereocenters. The first-order chi connectivity index (χ1) is 6.87. The minimum Gasteiger partial charge on any atom is -0.267 e. The Bertz CT molecular complexity index is 423. The van der Waals surface area contributed by atoms with Crippen LogP contribution in [-0.2, 0) is 20.7 Å². The van der Waals surface area contributed by atoms with Crippen LogP contribution in [0.15, 0.2) is 24.3 Å². The van der Waals surface area contributed by atoms with Crippen molar-refractivity contribution in [2.75, 3.05) is 6.26 Å². The molecule has 1 aromatic carbocycles. The maximum absolute atomic E-state index is 10.9. The minimum atomic E-state index is -3.35. The fourth-order valence-electron chi connectivity index (χ4n) is 1.50. The van der Waals surface area contributed by atoms with Crippen molar-refractivity contribution in [1.82, 2.24) is 0 Å². The summed E-state index contributed by atoms with van der Waals surface area (Å²) in [5, 5.41) is 0.